The number of hydrogen-bond acceptors (Lipinski definition) is 5. The van der Waals surface area contributed by atoms with Gasteiger partial charge in [0, 0.05) is 23.0 Å². The SMILES string of the molecule is O=C(Nc1cccc(NC(=O)c2ccc(-c3ccccc3[N+](=O)[O-])o2)c1)c1ccccc1. The predicted molar refractivity (Wildman–Crippen MR) is 120 cm³/mol. The van der Waals surface area contributed by atoms with Gasteiger partial charge in [0.2, 0.25) is 0 Å². The van der Waals surface area contributed by atoms with Crippen LogP contribution in [-0.4, -0.2) is 16.7 Å². The number of carbonyl (C=O) groups is 2. The van der Waals surface area contributed by atoms with Crippen LogP contribution in [0.3, 0.4) is 0 Å². The minimum atomic E-state index is -0.527. The molecule has 0 radical (unpaired) electrons. The summed E-state index contributed by atoms with van der Waals surface area (Å²) in [7, 11) is 0. The number of carbonyl (C=O) groups excluding carboxylic acids is 2. The van der Waals surface area contributed by atoms with Crippen LogP contribution in [0, 0.1) is 10.1 Å². The van der Waals surface area contributed by atoms with Crippen LogP contribution in [0.5, 0.6) is 0 Å². The summed E-state index contributed by atoms with van der Waals surface area (Å²) in [5, 5.41) is 16.7. The highest BCUT2D eigenvalue weighted by molar-refractivity contribution is 6.05. The molecule has 1 heterocycles. The van der Waals surface area contributed by atoms with Crippen molar-refractivity contribution in [3.63, 3.8) is 0 Å². The van der Waals surface area contributed by atoms with Crippen LogP contribution >= 0.6 is 0 Å². The van der Waals surface area contributed by atoms with Crippen molar-refractivity contribution in [1.82, 2.24) is 0 Å². The quantitative estimate of drug-likeness (QED) is 0.318. The van der Waals surface area contributed by atoms with Crippen LogP contribution < -0.4 is 10.6 Å². The number of amides is 2. The van der Waals surface area contributed by atoms with Gasteiger partial charge in [-0.1, -0.05) is 36.4 Å². The highest BCUT2D eigenvalue weighted by atomic mass is 16.6. The number of rotatable bonds is 6. The lowest BCUT2D eigenvalue weighted by molar-refractivity contribution is -0.384. The molecule has 8 heteroatoms. The number of nitrogens with one attached hydrogen (secondary N) is 2. The van der Waals surface area contributed by atoms with E-state index in [4.69, 9.17) is 4.42 Å². The first-order valence-electron chi connectivity index (χ1n) is 9.63. The molecule has 2 amide bonds. The molecule has 3 aromatic carbocycles. The van der Waals surface area contributed by atoms with Crippen LogP contribution in [0.1, 0.15) is 20.9 Å². The summed E-state index contributed by atoms with van der Waals surface area (Å²) < 4.78 is 5.56. The first-order valence-corrected chi connectivity index (χ1v) is 9.63. The van der Waals surface area contributed by atoms with E-state index < -0.39 is 10.8 Å². The van der Waals surface area contributed by atoms with E-state index in [1.54, 1.807) is 66.7 Å². The molecular weight excluding hydrogens is 410 g/mol. The molecule has 0 spiro atoms. The number of anilines is 2. The Morgan fingerprint density at radius 1 is 0.750 bits per heavy atom. The van der Waals surface area contributed by atoms with Crippen molar-refractivity contribution in [3.8, 4) is 11.3 Å². The largest absolute Gasteiger partial charge is 0.451 e. The van der Waals surface area contributed by atoms with Crippen LogP contribution in [0.15, 0.2) is 95.4 Å². The monoisotopic (exact) mass is 427 g/mol. The van der Waals surface area contributed by atoms with Gasteiger partial charge in [-0.3, -0.25) is 19.7 Å². The molecule has 32 heavy (non-hydrogen) atoms. The molecule has 0 aliphatic heterocycles. The lowest BCUT2D eigenvalue weighted by atomic mass is 10.1. The summed E-state index contributed by atoms with van der Waals surface area (Å²) >= 11 is 0. The number of nitro benzene ring substituents is 1. The number of hydrogen-bond donors (Lipinski definition) is 2. The molecule has 1 aromatic heterocycles. The van der Waals surface area contributed by atoms with Crippen LogP contribution in [0.2, 0.25) is 0 Å². The van der Waals surface area contributed by atoms with E-state index in [1.807, 2.05) is 6.07 Å². The van der Waals surface area contributed by atoms with Gasteiger partial charge in [-0.05, 0) is 48.5 Å². The molecule has 0 aliphatic carbocycles. The van der Waals surface area contributed by atoms with E-state index >= 15 is 0 Å². The van der Waals surface area contributed by atoms with Crippen molar-refractivity contribution in [2.75, 3.05) is 10.6 Å². The Hall–Kier alpha value is -4.72. The summed E-state index contributed by atoms with van der Waals surface area (Å²) in [6, 6.07) is 24.5. The molecule has 158 valence electrons. The molecule has 0 saturated carbocycles. The predicted octanol–water partition coefficient (Wildman–Crippen LogP) is 5.36. The molecule has 0 unspecified atom stereocenters. The normalized spacial score (nSPS) is 10.4. The highest BCUT2D eigenvalue weighted by Gasteiger charge is 2.19. The summed E-state index contributed by atoms with van der Waals surface area (Å²) in [5.74, 6) is -0.584. The second-order valence-electron chi connectivity index (χ2n) is 6.79. The maximum absolute atomic E-state index is 12.6. The van der Waals surface area contributed by atoms with Gasteiger partial charge in [0.05, 0.1) is 10.5 Å². The minimum absolute atomic E-state index is 0.00289. The first-order chi connectivity index (χ1) is 15.5. The maximum atomic E-state index is 12.6. The lowest BCUT2D eigenvalue weighted by Gasteiger charge is -2.08. The third-order valence-electron chi connectivity index (χ3n) is 4.61. The van der Waals surface area contributed by atoms with Gasteiger partial charge in [-0.15, -0.1) is 0 Å². The topological polar surface area (TPSA) is 114 Å². The summed E-state index contributed by atoms with van der Waals surface area (Å²) in [6.07, 6.45) is 0. The van der Waals surface area contributed by atoms with Crippen molar-refractivity contribution in [1.29, 1.82) is 0 Å². The van der Waals surface area contributed by atoms with E-state index in [0.717, 1.165) is 0 Å². The van der Waals surface area contributed by atoms with Crippen molar-refractivity contribution in [2.45, 2.75) is 0 Å². The van der Waals surface area contributed by atoms with Crippen molar-refractivity contribution in [2.24, 2.45) is 0 Å². The van der Waals surface area contributed by atoms with Crippen LogP contribution in [-0.2, 0) is 0 Å². The van der Waals surface area contributed by atoms with E-state index in [1.165, 1.54) is 18.2 Å². The lowest BCUT2D eigenvalue weighted by Crippen LogP contribution is -2.13. The van der Waals surface area contributed by atoms with Crippen molar-refractivity contribution < 1.29 is 18.9 Å². The zero-order valence-electron chi connectivity index (χ0n) is 16.6. The molecule has 0 atom stereocenters. The summed E-state index contributed by atoms with van der Waals surface area (Å²) in [5.41, 5.74) is 1.64. The fourth-order valence-electron chi connectivity index (χ4n) is 3.11. The first kappa shape index (κ1) is 20.5. The Bertz CT molecular complexity index is 1300. The summed E-state index contributed by atoms with van der Waals surface area (Å²) in [6.45, 7) is 0. The number of benzene rings is 3. The van der Waals surface area contributed by atoms with Crippen molar-refractivity contribution >= 4 is 28.9 Å². The van der Waals surface area contributed by atoms with Crippen LogP contribution in [0.4, 0.5) is 17.1 Å². The van der Waals surface area contributed by atoms with E-state index in [-0.39, 0.29) is 28.7 Å². The molecule has 0 saturated heterocycles. The zero-order chi connectivity index (χ0) is 22.5. The average molecular weight is 427 g/mol. The second kappa shape index (κ2) is 8.97. The zero-order valence-corrected chi connectivity index (χ0v) is 16.6. The van der Waals surface area contributed by atoms with E-state index in [9.17, 15) is 19.7 Å². The average Bonchev–Trinajstić information content (AvgIpc) is 3.30. The number of para-hydroxylation sites is 1. The highest BCUT2D eigenvalue weighted by Crippen LogP contribution is 2.31. The second-order valence-corrected chi connectivity index (χ2v) is 6.79. The van der Waals surface area contributed by atoms with Crippen molar-refractivity contribution in [3.05, 3.63) is 112 Å². The van der Waals surface area contributed by atoms with Gasteiger partial charge in [0.1, 0.15) is 5.76 Å². The Kier molecular flexibility index (Phi) is 5.76. The molecule has 4 aromatic rings. The third-order valence-corrected chi connectivity index (χ3v) is 4.61. The smallest absolute Gasteiger partial charge is 0.291 e. The van der Waals surface area contributed by atoms with Crippen LogP contribution in [0.25, 0.3) is 11.3 Å². The molecule has 0 fully saturated rings. The number of nitro groups is 1. The fraction of sp³-hybridized carbons (Fsp3) is 0. The number of nitrogens with zero attached hydrogens (tertiary/aromatic N) is 1. The number of furan rings is 1. The minimum Gasteiger partial charge on any atom is -0.451 e. The molecule has 2 N–H and O–H groups in total. The Morgan fingerprint density at radius 3 is 2.12 bits per heavy atom. The summed E-state index contributed by atoms with van der Waals surface area (Å²) in [4.78, 5) is 35.7. The van der Waals surface area contributed by atoms with Gasteiger partial charge in [0.15, 0.2) is 5.76 Å². The Balaban J connectivity index is 1.48. The third kappa shape index (κ3) is 4.54. The molecular formula is C24H17N3O5. The standard InChI is InChI=1S/C24H17N3O5/c28-23(16-7-2-1-3-8-16)25-17-9-6-10-18(15-17)26-24(29)22-14-13-21(32-22)19-11-4-5-12-20(19)27(30)31/h1-15H,(H,25,28)(H,26,29). The maximum Gasteiger partial charge on any atom is 0.291 e. The molecule has 8 nitrogen and oxygen atoms in total. The van der Waals surface area contributed by atoms with Gasteiger partial charge < -0.3 is 15.1 Å². The molecule has 4 rings (SSSR count). The molecule has 0 bridgehead atoms. The van der Waals surface area contributed by atoms with E-state index in [2.05, 4.69) is 10.6 Å². The molecule has 0 aliphatic rings. The van der Waals surface area contributed by atoms with Gasteiger partial charge in [-0.25, -0.2) is 0 Å². The van der Waals surface area contributed by atoms with Gasteiger partial charge >= 0.3 is 0 Å². The Labute approximate surface area is 182 Å². The fourth-order valence-corrected chi connectivity index (χ4v) is 3.11. The van der Waals surface area contributed by atoms with E-state index in [0.29, 0.717) is 16.9 Å². The van der Waals surface area contributed by atoms with Gasteiger partial charge in [0.25, 0.3) is 17.5 Å². The van der Waals surface area contributed by atoms with Gasteiger partial charge in [-0.2, -0.15) is 0 Å². The Morgan fingerprint density at radius 2 is 1.41 bits per heavy atom.